The van der Waals surface area contributed by atoms with Crippen LogP contribution in [-0.2, 0) is 6.42 Å². The lowest BCUT2D eigenvalue weighted by molar-refractivity contribution is 0.0880. The SMILES string of the molecule is CCNC(Cc1ccccc1Br)C1CN(C)CCN1C. The van der Waals surface area contributed by atoms with E-state index < -0.39 is 0 Å². The molecule has 1 N–H and O–H groups in total. The van der Waals surface area contributed by atoms with Gasteiger partial charge in [0.1, 0.15) is 0 Å². The van der Waals surface area contributed by atoms with Crippen LogP contribution in [0.3, 0.4) is 0 Å². The van der Waals surface area contributed by atoms with E-state index in [0.29, 0.717) is 12.1 Å². The highest BCUT2D eigenvalue weighted by atomic mass is 79.9. The molecule has 112 valence electrons. The number of rotatable bonds is 5. The van der Waals surface area contributed by atoms with Crippen LogP contribution in [0.25, 0.3) is 0 Å². The molecule has 1 heterocycles. The summed E-state index contributed by atoms with van der Waals surface area (Å²) in [6, 6.07) is 9.62. The van der Waals surface area contributed by atoms with Crippen molar-refractivity contribution in [3.05, 3.63) is 34.3 Å². The second-order valence-electron chi connectivity index (χ2n) is 5.77. The summed E-state index contributed by atoms with van der Waals surface area (Å²) in [7, 11) is 4.48. The summed E-state index contributed by atoms with van der Waals surface area (Å²) in [6.45, 7) is 6.67. The molecule has 3 nitrogen and oxygen atoms in total. The van der Waals surface area contributed by atoms with Crippen molar-refractivity contribution in [3.63, 3.8) is 0 Å². The number of piperazine rings is 1. The predicted molar refractivity (Wildman–Crippen MR) is 89.2 cm³/mol. The van der Waals surface area contributed by atoms with Gasteiger partial charge in [-0.05, 0) is 38.7 Å². The summed E-state index contributed by atoms with van der Waals surface area (Å²) in [5.74, 6) is 0. The van der Waals surface area contributed by atoms with E-state index in [0.717, 1.165) is 26.1 Å². The van der Waals surface area contributed by atoms with E-state index in [2.05, 4.69) is 76.3 Å². The predicted octanol–water partition coefficient (Wildman–Crippen LogP) is 2.22. The van der Waals surface area contributed by atoms with Gasteiger partial charge < -0.3 is 10.2 Å². The first-order chi connectivity index (χ1) is 9.61. The normalized spacial score (nSPS) is 22.9. The number of likely N-dealkylation sites (N-methyl/N-ethyl adjacent to an activating group) is 3. The first-order valence-corrected chi connectivity index (χ1v) is 8.26. The average molecular weight is 340 g/mol. The zero-order valence-electron chi connectivity index (χ0n) is 12.8. The maximum Gasteiger partial charge on any atom is 0.0377 e. The molecule has 1 saturated heterocycles. The van der Waals surface area contributed by atoms with Crippen LogP contribution in [0.5, 0.6) is 0 Å². The fourth-order valence-electron chi connectivity index (χ4n) is 2.99. The number of nitrogens with zero attached hydrogens (tertiary/aromatic N) is 2. The van der Waals surface area contributed by atoms with Crippen molar-refractivity contribution < 1.29 is 0 Å². The maximum absolute atomic E-state index is 3.69. The van der Waals surface area contributed by atoms with E-state index in [4.69, 9.17) is 0 Å². The first-order valence-electron chi connectivity index (χ1n) is 7.47. The van der Waals surface area contributed by atoms with Gasteiger partial charge in [0.25, 0.3) is 0 Å². The van der Waals surface area contributed by atoms with Crippen molar-refractivity contribution in [1.29, 1.82) is 0 Å². The summed E-state index contributed by atoms with van der Waals surface area (Å²) in [4.78, 5) is 4.94. The Bertz CT molecular complexity index is 424. The van der Waals surface area contributed by atoms with Gasteiger partial charge in [-0.15, -0.1) is 0 Å². The van der Waals surface area contributed by atoms with Gasteiger partial charge in [0.05, 0.1) is 0 Å². The van der Waals surface area contributed by atoms with Crippen LogP contribution in [0.15, 0.2) is 28.7 Å². The summed E-state index contributed by atoms with van der Waals surface area (Å²) >= 11 is 3.68. The monoisotopic (exact) mass is 339 g/mol. The largest absolute Gasteiger partial charge is 0.312 e. The number of hydrogen-bond acceptors (Lipinski definition) is 3. The van der Waals surface area contributed by atoms with Crippen molar-refractivity contribution in [2.75, 3.05) is 40.3 Å². The van der Waals surface area contributed by atoms with Crippen molar-refractivity contribution in [2.24, 2.45) is 0 Å². The van der Waals surface area contributed by atoms with Gasteiger partial charge in [0.2, 0.25) is 0 Å². The number of benzene rings is 1. The minimum Gasteiger partial charge on any atom is -0.312 e. The molecular formula is C16H26BrN3. The molecule has 0 aromatic heterocycles. The molecule has 1 aliphatic heterocycles. The maximum atomic E-state index is 3.69. The van der Waals surface area contributed by atoms with Gasteiger partial charge in [-0.25, -0.2) is 0 Å². The molecule has 4 heteroatoms. The molecule has 0 bridgehead atoms. The van der Waals surface area contributed by atoms with Crippen molar-refractivity contribution in [3.8, 4) is 0 Å². The molecule has 0 aliphatic carbocycles. The van der Waals surface area contributed by atoms with Crippen molar-refractivity contribution in [1.82, 2.24) is 15.1 Å². The molecule has 0 spiro atoms. The number of halogens is 1. The topological polar surface area (TPSA) is 18.5 Å². The highest BCUT2D eigenvalue weighted by molar-refractivity contribution is 9.10. The lowest BCUT2D eigenvalue weighted by atomic mass is 9.96. The van der Waals surface area contributed by atoms with Gasteiger partial charge in [0, 0.05) is 36.2 Å². The van der Waals surface area contributed by atoms with Crippen LogP contribution >= 0.6 is 15.9 Å². The number of nitrogens with one attached hydrogen (secondary N) is 1. The molecule has 2 unspecified atom stereocenters. The van der Waals surface area contributed by atoms with Crippen molar-refractivity contribution in [2.45, 2.75) is 25.4 Å². The Morgan fingerprint density at radius 3 is 2.75 bits per heavy atom. The Morgan fingerprint density at radius 1 is 1.30 bits per heavy atom. The van der Waals surface area contributed by atoms with Crippen molar-refractivity contribution >= 4 is 15.9 Å². The molecule has 1 aromatic carbocycles. The van der Waals surface area contributed by atoms with E-state index in [1.807, 2.05) is 0 Å². The lowest BCUT2D eigenvalue weighted by Crippen LogP contribution is -2.59. The minimum absolute atomic E-state index is 0.492. The van der Waals surface area contributed by atoms with E-state index >= 15 is 0 Å². The summed E-state index contributed by atoms with van der Waals surface area (Å²) in [6.07, 6.45) is 1.07. The van der Waals surface area contributed by atoms with E-state index in [1.165, 1.54) is 16.6 Å². The van der Waals surface area contributed by atoms with E-state index in [-0.39, 0.29) is 0 Å². The van der Waals surface area contributed by atoms with Gasteiger partial charge in [-0.3, -0.25) is 4.90 Å². The zero-order chi connectivity index (χ0) is 14.5. The fourth-order valence-corrected chi connectivity index (χ4v) is 3.43. The fraction of sp³-hybridized carbons (Fsp3) is 0.625. The van der Waals surface area contributed by atoms with E-state index in [9.17, 15) is 0 Å². The molecule has 0 radical (unpaired) electrons. The standard InChI is InChI=1S/C16H26BrN3/c1-4-18-15(11-13-7-5-6-8-14(13)17)16-12-19(2)9-10-20(16)3/h5-8,15-16,18H,4,9-12H2,1-3H3. The quantitative estimate of drug-likeness (QED) is 0.887. The van der Waals surface area contributed by atoms with Gasteiger partial charge in [-0.2, -0.15) is 0 Å². The van der Waals surface area contributed by atoms with E-state index in [1.54, 1.807) is 0 Å². The Hall–Kier alpha value is -0.420. The molecule has 0 amide bonds. The molecular weight excluding hydrogens is 314 g/mol. The first kappa shape index (κ1) is 16.0. The second-order valence-corrected chi connectivity index (χ2v) is 6.62. The third-order valence-electron chi connectivity index (χ3n) is 4.23. The molecule has 1 fully saturated rings. The highest BCUT2D eigenvalue weighted by Crippen LogP contribution is 2.20. The Labute approximate surface area is 131 Å². The van der Waals surface area contributed by atoms with Gasteiger partial charge in [0.15, 0.2) is 0 Å². The average Bonchev–Trinajstić information content (AvgIpc) is 2.43. The molecule has 2 atom stereocenters. The molecule has 0 saturated carbocycles. The van der Waals surface area contributed by atoms with Gasteiger partial charge >= 0.3 is 0 Å². The lowest BCUT2D eigenvalue weighted by Gasteiger charge is -2.42. The van der Waals surface area contributed by atoms with Crippen LogP contribution in [-0.4, -0.2) is 62.2 Å². The summed E-state index contributed by atoms with van der Waals surface area (Å²) in [5, 5.41) is 3.69. The highest BCUT2D eigenvalue weighted by Gasteiger charge is 2.29. The smallest absolute Gasteiger partial charge is 0.0377 e. The zero-order valence-corrected chi connectivity index (χ0v) is 14.4. The molecule has 2 rings (SSSR count). The minimum atomic E-state index is 0.492. The van der Waals surface area contributed by atoms with Crippen LogP contribution in [0, 0.1) is 0 Å². The summed E-state index contributed by atoms with van der Waals surface area (Å²) in [5.41, 5.74) is 1.39. The molecule has 20 heavy (non-hydrogen) atoms. The van der Waals surface area contributed by atoms with Gasteiger partial charge in [-0.1, -0.05) is 41.1 Å². The van der Waals surface area contributed by atoms with Crippen LogP contribution < -0.4 is 5.32 Å². The Balaban J connectivity index is 2.11. The van der Waals surface area contributed by atoms with Crippen LogP contribution in [0.1, 0.15) is 12.5 Å². The summed E-state index contributed by atoms with van der Waals surface area (Å²) < 4.78 is 1.22. The molecule has 1 aromatic rings. The molecule has 1 aliphatic rings. The van der Waals surface area contributed by atoms with Crippen LogP contribution in [0.2, 0.25) is 0 Å². The second kappa shape index (κ2) is 7.55. The third-order valence-corrected chi connectivity index (χ3v) is 5.00. The Kier molecular flexibility index (Phi) is 6.02. The third kappa shape index (κ3) is 4.04. The number of hydrogen-bond donors (Lipinski definition) is 1. The van der Waals surface area contributed by atoms with Crippen LogP contribution in [0.4, 0.5) is 0 Å². The Morgan fingerprint density at radius 2 is 2.05 bits per heavy atom.